The zero-order chi connectivity index (χ0) is 12.3. The van der Waals surface area contributed by atoms with Gasteiger partial charge in [-0.15, -0.1) is 0 Å². The Kier molecular flexibility index (Phi) is 3.44. The van der Waals surface area contributed by atoms with Crippen LogP contribution in [0.3, 0.4) is 0 Å². The molecule has 1 aromatic heterocycles. The molecule has 2 rings (SSSR count). The molecule has 1 unspecified atom stereocenters. The van der Waals surface area contributed by atoms with E-state index in [0.29, 0.717) is 0 Å². The molecule has 0 aliphatic heterocycles. The first-order chi connectivity index (χ1) is 8.13. The van der Waals surface area contributed by atoms with Crippen molar-refractivity contribution in [2.75, 3.05) is 0 Å². The van der Waals surface area contributed by atoms with Crippen LogP contribution in [0.1, 0.15) is 18.2 Å². The summed E-state index contributed by atoms with van der Waals surface area (Å²) < 4.78 is 2.02. The van der Waals surface area contributed by atoms with Gasteiger partial charge in [-0.1, -0.05) is 12.1 Å². The maximum atomic E-state index is 9.19. The van der Waals surface area contributed by atoms with Gasteiger partial charge in [0.05, 0.1) is 12.0 Å². The van der Waals surface area contributed by atoms with Crippen molar-refractivity contribution in [2.45, 2.75) is 25.9 Å². The van der Waals surface area contributed by atoms with E-state index in [2.05, 4.69) is 4.98 Å². The predicted octanol–water partition coefficient (Wildman–Crippen LogP) is 1.53. The molecule has 0 aliphatic carbocycles. The summed E-state index contributed by atoms with van der Waals surface area (Å²) in [5.74, 6) is 0.289. The standard InChI is InChI=1S/C13H17N3O/c1-10(14)6-12-8-16(9-15-12)7-11-2-4-13(17)5-3-11/h2-5,8-10,17H,6-7,14H2,1H3. The highest BCUT2D eigenvalue weighted by Crippen LogP contribution is 2.11. The Morgan fingerprint density at radius 2 is 2.06 bits per heavy atom. The van der Waals surface area contributed by atoms with Gasteiger partial charge in [-0.3, -0.25) is 0 Å². The van der Waals surface area contributed by atoms with Crippen LogP contribution in [0.5, 0.6) is 5.75 Å². The van der Waals surface area contributed by atoms with Crippen LogP contribution in [0.2, 0.25) is 0 Å². The maximum absolute atomic E-state index is 9.19. The molecule has 0 bridgehead atoms. The first kappa shape index (κ1) is 11.7. The Labute approximate surface area is 101 Å². The van der Waals surface area contributed by atoms with E-state index in [1.807, 2.05) is 36.1 Å². The average Bonchev–Trinajstić information content (AvgIpc) is 2.68. The summed E-state index contributed by atoms with van der Waals surface area (Å²) in [4.78, 5) is 4.30. The predicted molar refractivity (Wildman–Crippen MR) is 66.8 cm³/mol. The number of benzene rings is 1. The van der Waals surface area contributed by atoms with Gasteiger partial charge in [0.15, 0.2) is 0 Å². The van der Waals surface area contributed by atoms with Gasteiger partial charge in [-0.25, -0.2) is 4.98 Å². The van der Waals surface area contributed by atoms with Crippen molar-refractivity contribution in [1.82, 2.24) is 9.55 Å². The van der Waals surface area contributed by atoms with Crippen molar-refractivity contribution in [3.05, 3.63) is 48.0 Å². The summed E-state index contributed by atoms with van der Waals surface area (Å²) in [5, 5.41) is 9.19. The minimum absolute atomic E-state index is 0.132. The molecule has 90 valence electrons. The Hall–Kier alpha value is -1.81. The molecule has 4 nitrogen and oxygen atoms in total. The SMILES string of the molecule is CC(N)Cc1cn(Cc2ccc(O)cc2)cn1. The minimum Gasteiger partial charge on any atom is -0.508 e. The third-order valence-corrected chi connectivity index (χ3v) is 2.52. The van der Waals surface area contributed by atoms with E-state index in [-0.39, 0.29) is 11.8 Å². The third-order valence-electron chi connectivity index (χ3n) is 2.52. The van der Waals surface area contributed by atoms with Crippen LogP contribution in [0.4, 0.5) is 0 Å². The molecule has 1 atom stereocenters. The minimum atomic E-state index is 0.132. The summed E-state index contributed by atoms with van der Waals surface area (Å²) in [6.45, 7) is 2.73. The van der Waals surface area contributed by atoms with Gasteiger partial charge in [0.2, 0.25) is 0 Å². The number of nitrogens with zero attached hydrogens (tertiary/aromatic N) is 2. The van der Waals surface area contributed by atoms with Crippen LogP contribution in [0.25, 0.3) is 0 Å². The van der Waals surface area contributed by atoms with Gasteiger partial charge in [-0.05, 0) is 24.6 Å². The highest BCUT2D eigenvalue weighted by atomic mass is 16.3. The number of imidazole rings is 1. The van der Waals surface area contributed by atoms with Crippen LogP contribution in [0.15, 0.2) is 36.8 Å². The number of aromatic hydroxyl groups is 1. The summed E-state index contributed by atoms with van der Waals surface area (Å²) in [5.41, 5.74) is 7.87. The maximum Gasteiger partial charge on any atom is 0.115 e. The molecule has 0 fully saturated rings. The fourth-order valence-corrected chi connectivity index (χ4v) is 1.74. The van der Waals surface area contributed by atoms with E-state index in [4.69, 9.17) is 5.73 Å². The van der Waals surface area contributed by atoms with Gasteiger partial charge in [0, 0.05) is 25.2 Å². The lowest BCUT2D eigenvalue weighted by atomic mass is 10.2. The second kappa shape index (κ2) is 5.01. The van der Waals surface area contributed by atoms with Gasteiger partial charge >= 0.3 is 0 Å². The summed E-state index contributed by atoms with van der Waals surface area (Å²) in [6.07, 6.45) is 4.61. The first-order valence-corrected chi connectivity index (χ1v) is 5.67. The van der Waals surface area contributed by atoms with Crippen molar-refractivity contribution in [3.8, 4) is 5.75 Å². The van der Waals surface area contributed by atoms with Gasteiger partial charge in [-0.2, -0.15) is 0 Å². The van der Waals surface area contributed by atoms with Crippen LogP contribution in [0, 0.1) is 0 Å². The highest BCUT2D eigenvalue weighted by Gasteiger charge is 2.02. The topological polar surface area (TPSA) is 64.1 Å². The Morgan fingerprint density at radius 1 is 1.35 bits per heavy atom. The number of aromatic nitrogens is 2. The molecule has 17 heavy (non-hydrogen) atoms. The molecule has 2 aromatic rings. The number of hydrogen-bond acceptors (Lipinski definition) is 3. The van der Waals surface area contributed by atoms with Gasteiger partial charge < -0.3 is 15.4 Å². The average molecular weight is 231 g/mol. The normalized spacial score (nSPS) is 12.6. The lowest BCUT2D eigenvalue weighted by Crippen LogP contribution is -2.17. The summed E-state index contributed by atoms with van der Waals surface area (Å²) >= 11 is 0. The summed E-state index contributed by atoms with van der Waals surface area (Å²) in [7, 11) is 0. The third kappa shape index (κ3) is 3.32. The number of phenols is 1. The van der Waals surface area contributed by atoms with Crippen molar-refractivity contribution >= 4 is 0 Å². The van der Waals surface area contributed by atoms with Crippen molar-refractivity contribution in [3.63, 3.8) is 0 Å². The van der Waals surface area contributed by atoms with Crippen molar-refractivity contribution < 1.29 is 5.11 Å². The smallest absolute Gasteiger partial charge is 0.115 e. The number of nitrogens with two attached hydrogens (primary N) is 1. The van der Waals surface area contributed by atoms with E-state index in [1.165, 1.54) is 0 Å². The van der Waals surface area contributed by atoms with Crippen LogP contribution >= 0.6 is 0 Å². The number of hydrogen-bond donors (Lipinski definition) is 2. The Morgan fingerprint density at radius 3 is 2.71 bits per heavy atom. The zero-order valence-corrected chi connectivity index (χ0v) is 9.87. The van der Waals surface area contributed by atoms with E-state index >= 15 is 0 Å². The Bertz CT molecular complexity index is 474. The number of phenolic OH excluding ortho intramolecular Hbond substituents is 1. The van der Waals surface area contributed by atoms with Crippen molar-refractivity contribution in [1.29, 1.82) is 0 Å². The molecule has 0 amide bonds. The molecule has 1 aromatic carbocycles. The zero-order valence-electron chi connectivity index (χ0n) is 9.87. The molecular formula is C13H17N3O. The fourth-order valence-electron chi connectivity index (χ4n) is 1.74. The van der Waals surface area contributed by atoms with Crippen LogP contribution in [-0.4, -0.2) is 20.7 Å². The van der Waals surface area contributed by atoms with Crippen LogP contribution in [-0.2, 0) is 13.0 Å². The molecule has 1 heterocycles. The molecule has 0 saturated heterocycles. The second-order valence-electron chi connectivity index (χ2n) is 4.39. The number of rotatable bonds is 4. The monoisotopic (exact) mass is 231 g/mol. The lowest BCUT2D eigenvalue weighted by Gasteiger charge is -2.03. The lowest BCUT2D eigenvalue weighted by molar-refractivity contribution is 0.475. The molecule has 4 heteroatoms. The molecule has 0 spiro atoms. The van der Waals surface area contributed by atoms with Crippen molar-refractivity contribution in [2.24, 2.45) is 5.73 Å². The summed E-state index contributed by atoms with van der Waals surface area (Å²) in [6, 6.07) is 7.32. The van der Waals surface area contributed by atoms with Gasteiger partial charge in [0.25, 0.3) is 0 Å². The van der Waals surface area contributed by atoms with Gasteiger partial charge in [0.1, 0.15) is 5.75 Å². The molecule has 0 radical (unpaired) electrons. The Balaban J connectivity index is 2.03. The second-order valence-corrected chi connectivity index (χ2v) is 4.39. The molecule has 3 N–H and O–H groups in total. The van der Waals surface area contributed by atoms with E-state index in [9.17, 15) is 5.11 Å². The first-order valence-electron chi connectivity index (χ1n) is 5.67. The van der Waals surface area contributed by atoms with E-state index in [0.717, 1.165) is 24.2 Å². The molecule has 0 aliphatic rings. The largest absolute Gasteiger partial charge is 0.508 e. The van der Waals surface area contributed by atoms with Crippen LogP contribution < -0.4 is 5.73 Å². The van der Waals surface area contributed by atoms with E-state index in [1.54, 1.807) is 12.1 Å². The van der Waals surface area contributed by atoms with E-state index < -0.39 is 0 Å². The molecule has 0 saturated carbocycles. The quantitative estimate of drug-likeness (QED) is 0.838. The fraction of sp³-hybridized carbons (Fsp3) is 0.308. The highest BCUT2D eigenvalue weighted by molar-refractivity contribution is 5.26. The molecular weight excluding hydrogens is 214 g/mol.